The smallest absolute Gasteiger partial charge is 0.0145 e. The van der Waals surface area contributed by atoms with Gasteiger partial charge in [-0.15, -0.1) is 0 Å². The van der Waals surface area contributed by atoms with E-state index in [4.69, 9.17) is 0 Å². The minimum absolute atomic E-state index is 0.898. The van der Waals surface area contributed by atoms with Crippen molar-refractivity contribution < 1.29 is 0 Å². The number of fused-ring (bicyclic) bond motifs is 2. The Bertz CT molecular complexity index is 333. The number of hydrogen-bond acceptors (Lipinski definition) is 4. The molecule has 0 radical (unpaired) electrons. The van der Waals surface area contributed by atoms with E-state index >= 15 is 0 Å². The lowest BCUT2D eigenvalue weighted by Crippen LogP contribution is -2.51. The molecule has 4 nitrogen and oxygen atoms in total. The van der Waals surface area contributed by atoms with Crippen LogP contribution in [0.1, 0.15) is 19.3 Å². The van der Waals surface area contributed by atoms with Gasteiger partial charge < -0.3 is 19.6 Å². The standard InChI is InChI=1S/C10H20N2.C8H16N2/c1-11-7-5-10-9(8-11)4-3-6-12(10)2;1-9-3-7-5-10(2)6-8(7)4-9/h9-10H,3-8H2,1-2H3;7-8H,3-6H2,1-2H3. The molecular formula is C18H36N4. The van der Waals surface area contributed by atoms with Crippen LogP contribution in [0.2, 0.25) is 0 Å². The fraction of sp³-hybridized carbons (Fsp3) is 1.00. The average Bonchev–Trinajstić information content (AvgIpc) is 2.95. The van der Waals surface area contributed by atoms with Crippen molar-refractivity contribution in [1.82, 2.24) is 19.6 Å². The second-order valence-corrected chi connectivity index (χ2v) is 8.46. The molecule has 2 unspecified atom stereocenters. The Morgan fingerprint density at radius 3 is 1.73 bits per heavy atom. The van der Waals surface area contributed by atoms with Gasteiger partial charge in [0.05, 0.1) is 0 Å². The van der Waals surface area contributed by atoms with Crippen molar-refractivity contribution in [3.05, 3.63) is 0 Å². The molecule has 0 saturated carbocycles. The van der Waals surface area contributed by atoms with Crippen molar-refractivity contribution in [2.75, 3.05) is 74.0 Å². The summed E-state index contributed by atoms with van der Waals surface area (Å²) in [6.45, 7) is 9.26. The van der Waals surface area contributed by atoms with Gasteiger partial charge in [-0.25, -0.2) is 0 Å². The molecule has 2 atom stereocenters. The summed E-state index contributed by atoms with van der Waals surface area (Å²) in [7, 11) is 9.02. The number of piperidine rings is 2. The lowest BCUT2D eigenvalue weighted by atomic mass is 9.84. The van der Waals surface area contributed by atoms with Crippen LogP contribution in [0, 0.1) is 17.8 Å². The van der Waals surface area contributed by atoms with Gasteiger partial charge in [0.25, 0.3) is 0 Å². The van der Waals surface area contributed by atoms with Gasteiger partial charge >= 0.3 is 0 Å². The van der Waals surface area contributed by atoms with Crippen molar-refractivity contribution in [2.45, 2.75) is 25.3 Å². The molecule has 4 aliphatic rings. The summed E-state index contributed by atoms with van der Waals surface area (Å²) in [6.07, 6.45) is 4.25. The van der Waals surface area contributed by atoms with E-state index in [1.54, 1.807) is 0 Å². The molecule has 4 heteroatoms. The topological polar surface area (TPSA) is 13.0 Å². The zero-order valence-corrected chi connectivity index (χ0v) is 15.2. The molecule has 128 valence electrons. The first kappa shape index (κ1) is 16.7. The van der Waals surface area contributed by atoms with Crippen molar-refractivity contribution >= 4 is 0 Å². The van der Waals surface area contributed by atoms with Gasteiger partial charge in [0.2, 0.25) is 0 Å². The molecule has 0 spiro atoms. The van der Waals surface area contributed by atoms with Crippen molar-refractivity contribution in [1.29, 1.82) is 0 Å². The highest BCUT2D eigenvalue weighted by atomic mass is 15.2. The van der Waals surface area contributed by atoms with Crippen LogP contribution >= 0.6 is 0 Å². The van der Waals surface area contributed by atoms with E-state index in [1.165, 1.54) is 65.1 Å². The fourth-order valence-corrected chi connectivity index (χ4v) is 5.30. The summed E-state index contributed by atoms with van der Waals surface area (Å²) in [6, 6.07) is 0.898. The number of likely N-dealkylation sites (tertiary alicyclic amines) is 4. The Balaban J connectivity index is 0.000000133. The number of rotatable bonds is 0. The first-order chi connectivity index (χ1) is 10.5. The predicted molar refractivity (Wildman–Crippen MR) is 93.2 cm³/mol. The van der Waals surface area contributed by atoms with Gasteiger partial charge in [0.1, 0.15) is 0 Å². The van der Waals surface area contributed by atoms with E-state index in [0.717, 1.165) is 23.8 Å². The van der Waals surface area contributed by atoms with Crippen LogP contribution in [-0.2, 0) is 0 Å². The van der Waals surface area contributed by atoms with E-state index in [0.29, 0.717) is 0 Å². The molecule has 22 heavy (non-hydrogen) atoms. The maximum Gasteiger partial charge on any atom is 0.0145 e. The molecule has 0 N–H and O–H groups in total. The van der Waals surface area contributed by atoms with Crippen LogP contribution in [0.4, 0.5) is 0 Å². The molecule has 0 aromatic carbocycles. The van der Waals surface area contributed by atoms with Crippen LogP contribution in [0.15, 0.2) is 0 Å². The lowest BCUT2D eigenvalue weighted by molar-refractivity contribution is 0.0490. The summed E-state index contributed by atoms with van der Waals surface area (Å²) in [5, 5.41) is 0. The van der Waals surface area contributed by atoms with Gasteiger partial charge in [-0.1, -0.05) is 0 Å². The summed E-state index contributed by atoms with van der Waals surface area (Å²) < 4.78 is 0. The molecule has 4 heterocycles. The summed E-state index contributed by atoms with van der Waals surface area (Å²) in [5.41, 5.74) is 0. The zero-order chi connectivity index (χ0) is 15.7. The third-order valence-corrected chi connectivity index (χ3v) is 6.40. The summed E-state index contributed by atoms with van der Waals surface area (Å²) in [5.74, 6) is 2.92. The van der Waals surface area contributed by atoms with E-state index in [2.05, 4.69) is 47.8 Å². The molecule has 0 aromatic heterocycles. The molecule has 0 amide bonds. The molecule has 0 aliphatic carbocycles. The molecular weight excluding hydrogens is 272 g/mol. The Kier molecular flexibility index (Phi) is 5.43. The third kappa shape index (κ3) is 3.84. The Labute approximate surface area is 137 Å². The molecule has 4 aliphatic heterocycles. The average molecular weight is 309 g/mol. The monoisotopic (exact) mass is 308 g/mol. The third-order valence-electron chi connectivity index (χ3n) is 6.40. The highest BCUT2D eigenvalue weighted by Gasteiger charge is 2.36. The van der Waals surface area contributed by atoms with Crippen LogP contribution in [0.5, 0.6) is 0 Å². The van der Waals surface area contributed by atoms with Crippen LogP contribution < -0.4 is 0 Å². The molecule has 0 bridgehead atoms. The molecule has 4 rings (SSSR count). The molecule has 0 aromatic rings. The second kappa shape index (κ2) is 7.16. The van der Waals surface area contributed by atoms with E-state index < -0.39 is 0 Å². The maximum atomic E-state index is 2.57. The van der Waals surface area contributed by atoms with E-state index in [9.17, 15) is 0 Å². The summed E-state index contributed by atoms with van der Waals surface area (Å²) >= 11 is 0. The Morgan fingerprint density at radius 1 is 0.591 bits per heavy atom. The Morgan fingerprint density at radius 2 is 1.14 bits per heavy atom. The van der Waals surface area contributed by atoms with Gasteiger partial charge in [-0.2, -0.15) is 0 Å². The van der Waals surface area contributed by atoms with Crippen LogP contribution in [-0.4, -0.2) is 99.6 Å². The Hall–Kier alpha value is -0.160. The quantitative estimate of drug-likeness (QED) is 0.665. The van der Waals surface area contributed by atoms with Gasteiger partial charge in [-0.3, -0.25) is 0 Å². The number of hydrogen-bond donors (Lipinski definition) is 0. The highest BCUT2D eigenvalue weighted by molar-refractivity contribution is 4.90. The fourth-order valence-electron chi connectivity index (χ4n) is 5.30. The van der Waals surface area contributed by atoms with E-state index in [-0.39, 0.29) is 0 Å². The normalized spacial score (nSPS) is 40.9. The predicted octanol–water partition coefficient (Wildman–Crippen LogP) is 1.14. The first-order valence-corrected chi connectivity index (χ1v) is 9.29. The minimum atomic E-state index is 0.898. The SMILES string of the molecule is CN1CC2CN(C)CC2C1.CN1CCC2C(CCCN2C)C1. The van der Waals surface area contributed by atoms with Crippen LogP contribution in [0.3, 0.4) is 0 Å². The molecule has 4 fully saturated rings. The largest absolute Gasteiger partial charge is 0.306 e. The minimum Gasteiger partial charge on any atom is -0.306 e. The number of nitrogens with zero attached hydrogens (tertiary/aromatic N) is 4. The second-order valence-electron chi connectivity index (χ2n) is 8.46. The van der Waals surface area contributed by atoms with Crippen molar-refractivity contribution in [3.63, 3.8) is 0 Å². The summed E-state index contributed by atoms with van der Waals surface area (Å²) in [4.78, 5) is 9.98. The maximum absolute atomic E-state index is 2.57. The van der Waals surface area contributed by atoms with Crippen LogP contribution in [0.25, 0.3) is 0 Å². The van der Waals surface area contributed by atoms with Gasteiger partial charge in [0.15, 0.2) is 0 Å². The lowest BCUT2D eigenvalue weighted by Gasteiger charge is -2.45. The molecule has 4 saturated heterocycles. The van der Waals surface area contributed by atoms with Gasteiger partial charge in [-0.05, 0) is 78.3 Å². The van der Waals surface area contributed by atoms with Gasteiger partial charge in [0, 0.05) is 38.8 Å². The zero-order valence-electron chi connectivity index (χ0n) is 15.2. The highest BCUT2D eigenvalue weighted by Crippen LogP contribution is 2.29. The van der Waals surface area contributed by atoms with Crippen molar-refractivity contribution in [3.8, 4) is 0 Å². The van der Waals surface area contributed by atoms with Crippen molar-refractivity contribution in [2.24, 2.45) is 17.8 Å². The van der Waals surface area contributed by atoms with E-state index in [1.807, 2.05) is 0 Å². The first-order valence-electron chi connectivity index (χ1n) is 9.29.